The van der Waals surface area contributed by atoms with Crippen LogP contribution < -0.4 is 10.1 Å². The topological polar surface area (TPSA) is 21.3 Å². The molecular weight excluding hydrogens is 222 g/mol. The smallest absolute Gasteiger partial charge is 0.119 e. The van der Waals surface area contributed by atoms with Gasteiger partial charge in [-0.25, -0.2) is 0 Å². The summed E-state index contributed by atoms with van der Waals surface area (Å²) in [5, 5.41) is 3.42. The fourth-order valence-electron chi connectivity index (χ4n) is 2.53. The molecule has 0 unspecified atom stereocenters. The van der Waals surface area contributed by atoms with Crippen LogP contribution in [0.15, 0.2) is 24.3 Å². The molecule has 1 aromatic carbocycles. The Balaban J connectivity index is 1.54. The highest BCUT2D eigenvalue weighted by Gasteiger charge is 2.11. The number of hydrogen-bond acceptors (Lipinski definition) is 2. The van der Waals surface area contributed by atoms with Crippen LogP contribution in [0.4, 0.5) is 0 Å². The second kappa shape index (κ2) is 7.42. The molecule has 2 nitrogen and oxygen atoms in total. The van der Waals surface area contributed by atoms with E-state index in [1.54, 1.807) is 0 Å². The predicted molar refractivity (Wildman–Crippen MR) is 76.1 cm³/mol. The highest BCUT2D eigenvalue weighted by molar-refractivity contribution is 5.26. The van der Waals surface area contributed by atoms with Crippen molar-refractivity contribution < 1.29 is 4.74 Å². The molecule has 1 aromatic rings. The summed E-state index contributed by atoms with van der Waals surface area (Å²) in [5.74, 6) is 1.95. The van der Waals surface area contributed by atoms with Crippen molar-refractivity contribution in [1.82, 2.24) is 5.32 Å². The van der Waals surface area contributed by atoms with E-state index in [9.17, 15) is 0 Å². The molecule has 1 fully saturated rings. The van der Waals surface area contributed by atoms with Crippen molar-refractivity contribution in [2.24, 2.45) is 5.92 Å². The van der Waals surface area contributed by atoms with Gasteiger partial charge in [-0.1, -0.05) is 24.1 Å². The summed E-state index contributed by atoms with van der Waals surface area (Å²) >= 11 is 0. The maximum absolute atomic E-state index is 5.74. The Bertz CT molecular complexity index is 327. The zero-order valence-electron chi connectivity index (χ0n) is 11.5. The minimum absolute atomic E-state index is 0.855. The molecule has 0 atom stereocenters. The molecule has 1 N–H and O–H groups in total. The summed E-state index contributed by atoms with van der Waals surface area (Å²) in [4.78, 5) is 0. The van der Waals surface area contributed by atoms with Crippen molar-refractivity contribution in [3.63, 3.8) is 0 Å². The Morgan fingerprint density at radius 1 is 1.11 bits per heavy atom. The molecule has 2 rings (SSSR count). The molecule has 0 spiro atoms. The number of rotatable bonds is 6. The summed E-state index contributed by atoms with van der Waals surface area (Å²) in [6.07, 6.45) is 6.57. The van der Waals surface area contributed by atoms with Gasteiger partial charge in [-0.05, 0) is 63.7 Å². The summed E-state index contributed by atoms with van der Waals surface area (Å²) in [5.41, 5.74) is 1.29. The van der Waals surface area contributed by atoms with Crippen molar-refractivity contribution in [2.75, 3.05) is 19.7 Å². The van der Waals surface area contributed by atoms with E-state index in [0.717, 1.165) is 18.3 Å². The van der Waals surface area contributed by atoms with Gasteiger partial charge >= 0.3 is 0 Å². The van der Waals surface area contributed by atoms with Crippen LogP contribution in [0.2, 0.25) is 0 Å². The van der Waals surface area contributed by atoms with Gasteiger partial charge in [0.05, 0.1) is 6.61 Å². The Kier molecular flexibility index (Phi) is 5.53. The monoisotopic (exact) mass is 247 g/mol. The van der Waals surface area contributed by atoms with E-state index in [0.29, 0.717) is 0 Å². The first kappa shape index (κ1) is 13.4. The molecule has 0 aromatic heterocycles. The van der Waals surface area contributed by atoms with Gasteiger partial charge in [-0.15, -0.1) is 0 Å². The molecule has 0 bridgehead atoms. The van der Waals surface area contributed by atoms with Gasteiger partial charge in [0.15, 0.2) is 0 Å². The van der Waals surface area contributed by atoms with E-state index in [2.05, 4.69) is 36.5 Å². The minimum Gasteiger partial charge on any atom is -0.494 e. The van der Waals surface area contributed by atoms with Crippen molar-refractivity contribution in [3.8, 4) is 5.75 Å². The molecule has 1 saturated heterocycles. The number of benzene rings is 1. The van der Waals surface area contributed by atoms with Crippen LogP contribution >= 0.6 is 0 Å². The SMILES string of the molecule is Cc1ccc(OCCCCC2CCNCC2)cc1. The van der Waals surface area contributed by atoms with E-state index in [4.69, 9.17) is 4.74 Å². The second-order valence-electron chi connectivity index (χ2n) is 5.35. The molecule has 18 heavy (non-hydrogen) atoms. The molecule has 2 heteroatoms. The summed E-state index contributed by atoms with van der Waals surface area (Å²) in [6, 6.07) is 8.32. The van der Waals surface area contributed by atoms with E-state index in [1.165, 1.54) is 50.8 Å². The number of unbranched alkanes of at least 4 members (excludes halogenated alkanes) is 1. The van der Waals surface area contributed by atoms with Gasteiger partial charge in [0, 0.05) is 0 Å². The number of aryl methyl sites for hydroxylation is 1. The van der Waals surface area contributed by atoms with Gasteiger partial charge in [-0.3, -0.25) is 0 Å². The molecule has 0 saturated carbocycles. The lowest BCUT2D eigenvalue weighted by Crippen LogP contribution is -2.27. The third-order valence-corrected chi connectivity index (χ3v) is 3.76. The number of piperidine rings is 1. The third kappa shape index (κ3) is 4.69. The lowest BCUT2D eigenvalue weighted by atomic mass is 9.93. The lowest BCUT2D eigenvalue weighted by Gasteiger charge is -2.22. The Labute approximate surface area is 111 Å². The van der Waals surface area contributed by atoms with Crippen molar-refractivity contribution in [3.05, 3.63) is 29.8 Å². The summed E-state index contributed by atoms with van der Waals surface area (Å²) < 4.78 is 5.74. The van der Waals surface area contributed by atoms with Gasteiger partial charge < -0.3 is 10.1 Å². The minimum atomic E-state index is 0.855. The van der Waals surface area contributed by atoms with E-state index < -0.39 is 0 Å². The average Bonchev–Trinajstić information content (AvgIpc) is 2.42. The normalized spacial score (nSPS) is 16.7. The van der Waals surface area contributed by atoms with Gasteiger partial charge in [0.2, 0.25) is 0 Å². The zero-order valence-corrected chi connectivity index (χ0v) is 11.5. The number of hydrogen-bond donors (Lipinski definition) is 1. The standard InChI is InChI=1S/C16H25NO/c1-14-5-7-16(8-6-14)18-13-3-2-4-15-9-11-17-12-10-15/h5-8,15,17H,2-4,9-13H2,1H3. The largest absolute Gasteiger partial charge is 0.494 e. The molecule has 0 aliphatic carbocycles. The molecule has 1 heterocycles. The molecule has 0 amide bonds. The molecule has 0 radical (unpaired) electrons. The molecule has 1 aliphatic rings. The van der Waals surface area contributed by atoms with E-state index in [1.807, 2.05) is 0 Å². The van der Waals surface area contributed by atoms with Crippen LogP contribution in [0.3, 0.4) is 0 Å². The Morgan fingerprint density at radius 3 is 2.56 bits per heavy atom. The van der Waals surface area contributed by atoms with Crippen LogP contribution in [-0.4, -0.2) is 19.7 Å². The second-order valence-corrected chi connectivity index (χ2v) is 5.35. The summed E-state index contributed by atoms with van der Waals surface area (Å²) in [6.45, 7) is 5.38. The van der Waals surface area contributed by atoms with Crippen LogP contribution in [-0.2, 0) is 0 Å². The predicted octanol–water partition coefficient (Wildman–Crippen LogP) is 3.54. The van der Waals surface area contributed by atoms with Gasteiger partial charge in [0.1, 0.15) is 5.75 Å². The average molecular weight is 247 g/mol. The maximum Gasteiger partial charge on any atom is 0.119 e. The van der Waals surface area contributed by atoms with Crippen molar-refractivity contribution in [2.45, 2.75) is 39.0 Å². The highest BCUT2D eigenvalue weighted by atomic mass is 16.5. The van der Waals surface area contributed by atoms with Crippen LogP contribution in [0, 0.1) is 12.8 Å². The fourth-order valence-corrected chi connectivity index (χ4v) is 2.53. The van der Waals surface area contributed by atoms with E-state index in [-0.39, 0.29) is 0 Å². The van der Waals surface area contributed by atoms with Crippen LogP contribution in [0.5, 0.6) is 5.75 Å². The maximum atomic E-state index is 5.74. The zero-order chi connectivity index (χ0) is 12.6. The van der Waals surface area contributed by atoms with Gasteiger partial charge in [-0.2, -0.15) is 0 Å². The third-order valence-electron chi connectivity index (χ3n) is 3.76. The number of nitrogens with one attached hydrogen (secondary N) is 1. The first-order valence-corrected chi connectivity index (χ1v) is 7.25. The summed E-state index contributed by atoms with van der Waals surface area (Å²) in [7, 11) is 0. The van der Waals surface area contributed by atoms with E-state index >= 15 is 0 Å². The first-order chi connectivity index (χ1) is 8.84. The van der Waals surface area contributed by atoms with Gasteiger partial charge in [0.25, 0.3) is 0 Å². The molecular formula is C16H25NO. The first-order valence-electron chi connectivity index (χ1n) is 7.25. The van der Waals surface area contributed by atoms with Crippen molar-refractivity contribution >= 4 is 0 Å². The Hall–Kier alpha value is -1.02. The quantitative estimate of drug-likeness (QED) is 0.776. The molecule has 1 aliphatic heterocycles. The lowest BCUT2D eigenvalue weighted by molar-refractivity contribution is 0.287. The Morgan fingerprint density at radius 2 is 1.83 bits per heavy atom. The highest BCUT2D eigenvalue weighted by Crippen LogP contribution is 2.19. The van der Waals surface area contributed by atoms with Crippen LogP contribution in [0.1, 0.15) is 37.7 Å². The fraction of sp³-hybridized carbons (Fsp3) is 0.625. The van der Waals surface area contributed by atoms with Crippen molar-refractivity contribution in [1.29, 1.82) is 0 Å². The van der Waals surface area contributed by atoms with Crippen LogP contribution in [0.25, 0.3) is 0 Å². The number of ether oxygens (including phenoxy) is 1. The molecule has 100 valence electrons.